The molecule has 0 amide bonds. The number of hydrogen-bond acceptors (Lipinski definition) is 4. The Labute approximate surface area is 121 Å². The van der Waals surface area contributed by atoms with Crippen LogP contribution in [0, 0.1) is 0 Å². The Morgan fingerprint density at radius 3 is 3.06 bits per heavy atom. The molecule has 0 saturated carbocycles. The van der Waals surface area contributed by atoms with E-state index in [4.69, 9.17) is 11.6 Å². The van der Waals surface area contributed by atoms with Gasteiger partial charge < -0.3 is 5.32 Å². The van der Waals surface area contributed by atoms with Gasteiger partial charge in [0, 0.05) is 16.6 Å². The molecule has 6 heteroatoms. The van der Waals surface area contributed by atoms with Gasteiger partial charge in [0.25, 0.3) is 0 Å². The average molecular weight is 341 g/mol. The highest BCUT2D eigenvalue weighted by molar-refractivity contribution is 9.10. The van der Waals surface area contributed by atoms with Crippen LogP contribution in [0.5, 0.6) is 0 Å². The number of fused-ring (bicyclic) bond motifs is 1. The second-order valence-electron chi connectivity index (χ2n) is 3.63. The first kappa shape index (κ1) is 11.9. The van der Waals surface area contributed by atoms with Crippen LogP contribution in [0.1, 0.15) is 0 Å². The minimum Gasteiger partial charge on any atom is -0.339 e. The minimum absolute atomic E-state index is 0.220. The van der Waals surface area contributed by atoms with Crippen molar-refractivity contribution in [3.8, 4) is 0 Å². The lowest BCUT2D eigenvalue weighted by Gasteiger charge is -2.07. The number of nitrogens with zero attached hydrogens (tertiary/aromatic N) is 2. The van der Waals surface area contributed by atoms with Gasteiger partial charge in [-0.15, -0.1) is 11.3 Å². The maximum Gasteiger partial charge on any atom is 0.224 e. The topological polar surface area (TPSA) is 37.8 Å². The zero-order chi connectivity index (χ0) is 12.5. The van der Waals surface area contributed by atoms with Crippen LogP contribution in [0.25, 0.3) is 10.1 Å². The van der Waals surface area contributed by atoms with Crippen molar-refractivity contribution in [1.82, 2.24) is 9.97 Å². The Balaban J connectivity index is 1.97. The van der Waals surface area contributed by atoms with Crippen molar-refractivity contribution in [2.45, 2.75) is 0 Å². The molecule has 0 spiro atoms. The van der Waals surface area contributed by atoms with Gasteiger partial charge in [-0.2, -0.15) is 4.98 Å². The van der Waals surface area contributed by atoms with E-state index in [1.165, 1.54) is 10.1 Å². The van der Waals surface area contributed by atoms with E-state index in [0.717, 1.165) is 10.2 Å². The van der Waals surface area contributed by atoms with Gasteiger partial charge in [0.2, 0.25) is 5.28 Å². The average Bonchev–Trinajstić information content (AvgIpc) is 2.81. The quantitative estimate of drug-likeness (QED) is 0.678. The number of hydrogen-bond donors (Lipinski definition) is 1. The predicted molar refractivity (Wildman–Crippen MR) is 79.8 cm³/mol. The molecular weight excluding hydrogens is 334 g/mol. The van der Waals surface area contributed by atoms with E-state index in [2.05, 4.69) is 54.8 Å². The molecule has 0 atom stereocenters. The summed E-state index contributed by atoms with van der Waals surface area (Å²) < 4.78 is 2.04. The lowest BCUT2D eigenvalue weighted by atomic mass is 10.2. The maximum atomic E-state index is 5.78. The number of benzene rings is 1. The van der Waals surface area contributed by atoms with Crippen LogP contribution in [0.2, 0.25) is 5.28 Å². The molecule has 0 saturated heterocycles. The standard InChI is InChI=1S/C12H7BrClN3S/c13-9-6-15-12(14)17-11(9)16-8-1-2-10-7(5-8)3-4-18-10/h1-6H,(H,15,16,17). The van der Waals surface area contributed by atoms with Crippen molar-refractivity contribution >= 4 is 60.5 Å². The van der Waals surface area contributed by atoms with Crippen molar-refractivity contribution in [3.63, 3.8) is 0 Å². The Bertz CT molecular complexity index is 713. The first-order valence-electron chi connectivity index (χ1n) is 5.15. The molecule has 90 valence electrons. The van der Waals surface area contributed by atoms with Crippen molar-refractivity contribution in [3.05, 3.63) is 45.6 Å². The third-order valence-corrected chi connectivity index (χ3v) is 4.09. The van der Waals surface area contributed by atoms with Gasteiger partial charge in [-0.25, -0.2) is 4.98 Å². The zero-order valence-corrected chi connectivity index (χ0v) is 12.2. The third kappa shape index (κ3) is 2.34. The number of rotatable bonds is 2. The van der Waals surface area contributed by atoms with Gasteiger partial charge in [-0.3, -0.25) is 0 Å². The van der Waals surface area contributed by atoms with E-state index in [9.17, 15) is 0 Å². The van der Waals surface area contributed by atoms with Crippen molar-refractivity contribution in [1.29, 1.82) is 0 Å². The van der Waals surface area contributed by atoms with E-state index in [-0.39, 0.29) is 5.28 Å². The Hall–Kier alpha value is -1.17. The fraction of sp³-hybridized carbons (Fsp3) is 0. The van der Waals surface area contributed by atoms with Crippen molar-refractivity contribution in [2.75, 3.05) is 5.32 Å². The van der Waals surface area contributed by atoms with Gasteiger partial charge in [-0.1, -0.05) is 0 Å². The lowest BCUT2D eigenvalue weighted by Crippen LogP contribution is -1.96. The number of anilines is 2. The van der Waals surface area contributed by atoms with Crippen molar-refractivity contribution in [2.24, 2.45) is 0 Å². The Morgan fingerprint density at radius 2 is 2.17 bits per heavy atom. The number of nitrogens with one attached hydrogen (secondary N) is 1. The number of halogens is 2. The van der Waals surface area contributed by atoms with E-state index >= 15 is 0 Å². The van der Waals surface area contributed by atoms with Crippen LogP contribution >= 0.6 is 38.9 Å². The molecule has 1 N–H and O–H groups in total. The van der Waals surface area contributed by atoms with Crippen LogP contribution in [-0.4, -0.2) is 9.97 Å². The molecule has 1 aromatic carbocycles. The zero-order valence-electron chi connectivity index (χ0n) is 9.02. The summed E-state index contributed by atoms with van der Waals surface area (Å²) in [5.41, 5.74) is 0.969. The van der Waals surface area contributed by atoms with Gasteiger partial charge in [0.05, 0.1) is 4.47 Å². The molecular formula is C12H7BrClN3S. The number of aromatic nitrogens is 2. The monoisotopic (exact) mass is 339 g/mol. The molecule has 0 fully saturated rings. The molecule has 0 radical (unpaired) electrons. The Kier molecular flexibility index (Phi) is 3.20. The highest BCUT2D eigenvalue weighted by atomic mass is 79.9. The molecule has 2 heterocycles. The van der Waals surface area contributed by atoms with Crippen LogP contribution in [-0.2, 0) is 0 Å². The SMILES string of the molecule is Clc1ncc(Br)c(Nc2ccc3sccc3c2)n1. The second-order valence-corrected chi connectivity index (χ2v) is 5.77. The smallest absolute Gasteiger partial charge is 0.224 e. The molecule has 3 rings (SSSR count). The van der Waals surface area contributed by atoms with Crippen molar-refractivity contribution < 1.29 is 0 Å². The molecule has 0 aliphatic carbocycles. The normalized spacial score (nSPS) is 10.8. The van der Waals surface area contributed by atoms with E-state index < -0.39 is 0 Å². The fourth-order valence-electron chi connectivity index (χ4n) is 1.61. The van der Waals surface area contributed by atoms with Gasteiger partial charge in [0.15, 0.2) is 0 Å². The fourth-order valence-corrected chi connectivity index (χ4v) is 2.81. The summed E-state index contributed by atoms with van der Waals surface area (Å²) in [4.78, 5) is 8.03. The molecule has 0 unspecified atom stereocenters. The van der Waals surface area contributed by atoms with Gasteiger partial charge in [0.1, 0.15) is 5.82 Å². The largest absolute Gasteiger partial charge is 0.339 e. The van der Waals surface area contributed by atoms with E-state index in [1.807, 2.05) is 6.07 Å². The maximum absolute atomic E-state index is 5.78. The van der Waals surface area contributed by atoms with Gasteiger partial charge in [-0.05, 0) is 62.6 Å². The van der Waals surface area contributed by atoms with Crippen LogP contribution in [0.15, 0.2) is 40.3 Å². The highest BCUT2D eigenvalue weighted by Crippen LogP contribution is 2.28. The summed E-state index contributed by atoms with van der Waals surface area (Å²) in [7, 11) is 0. The molecule has 0 aliphatic heterocycles. The lowest BCUT2D eigenvalue weighted by molar-refractivity contribution is 1.15. The highest BCUT2D eigenvalue weighted by Gasteiger charge is 2.05. The second kappa shape index (κ2) is 4.84. The summed E-state index contributed by atoms with van der Waals surface area (Å²) >= 11 is 10.9. The first-order valence-corrected chi connectivity index (χ1v) is 7.20. The van der Waals surface area contributed by atoms with Gasteiger partial charge >= 0.3 is 0 Å². The van der Waals surface area contributed by atoms with E-state index in [0.29, 0.717) is 5.82 Å². The molecule has 3 aromatic rings. The molecule has 0 bridgehead atoms. The minimum atomic E-state index is 0.220. The molecule has 0 aliphatic rings. The summed E-state index contributed by atoms with van der Waals surface area (Å²) in [5.74, 6) is 0.657. The predicted octanol–water partition coefficient (Wildman–Crippen LogP) is 4.85. The Morgan fingerprint density at radius 1 is 1.28 bits per heavy atom. The third-order valence-electron chi connectivity index (χ3n) is 2.43. The first-order chi connectivity index (χ1) is 8.72. The summed E-state index contributed by atoms with van der Waals surface area (Å²) in [5, 5.41) is 6.72. The van der Waals surface area contributed by atoms with Crippen LogP contribution in [0.4, 0.5) is 11.5 Å². The number of thiophene rings is 1. The van der Waals surface area contributed by atoms with Crippen LogP contribution < -0.4 is 5.32 Å². The molecule has 3 nitrogen and oxygen atoms in total. The summed E-state index contributed by atoms with van der Waals surface area (Å²) in [6.45, 7) is 0. The van der Waals surface area contributed by atoms with Crippen LogP contribution in [0.3, 0.4) is 0 Å². The molecule has 18 heavy (non-hydrogen) atoms. The summed E-state index contributed by atoms with van der Waals surface area (Å²) in [6, 6.07) is 8.27. The molecule has 2 aromatic heterocycles. The van der Waals surface area contributed by atoms with E-state index in [1.54, 1.807) is 17.5 Å². The summed E-state index contributed by atoms with van der Waals surface area (Å²) in [6.07, 6.45) is 1.63.